The average Bonchev–Trinajstić information content (AvgIpc) is 2.63. The first-order valence-electron chi connectivity index (χ1n) is 8.99. The maximum absolute atomic E-state index is 12.8. The molecule has 3 fully saturated rings. The molecule has 0 aromatic rings. The topological polar surface area (TPSA) is 76.2 Å². The molecule has 3 saturated heterocycles. The van der Waals surface area contributed by atoms with Crippen molar-refractivity contribution in [2.45, 2.75) is 12.5 Å². The molecule has 8 nitrogen and oxygen atoms in total. The van der Waals surface area contributed by atoms with Gasteiger partial charge in [-0.15, -0.1) is 0 Å². The zero-order chi connectivity index (χ0) is 17.9. The summed E-state index contributed by atoms with van der Waals surface area (Å²) in [7, 11) is -1.39. The molecule has 0 radical (unpaired) electrons. The van der Waals surface area contributed by atoms with Gasteiger partial charge in [0.1, 0.15) is 0 Å². The summed E-state index contributed by atoms with van der Waals surface area (Å²) in [4.78, 5) is 16.4. The number of hydrogen-bond acceptors (Lipinski definition) is 6. The van der Waals surface area contributed by atoms with Gasteiger partial charge in [-0.25, -0.2) is 0 Å². The normalized spacial score (nSPS) is 28.2. The van der Waals surface area contributed by atoms with Crippen LogP contribution in [0.1, 0.15) is 6.42 Å². The number of carbonyl (C=O) groups excluding carboxylic acids is 1. The van der Waals surface area contributed by atoms with Gasteiger partial charge in [0.2, 0.25) is 5.91 Å². The zero-order valence-corrected chi connectivity index (χ0v) is 16.5. The van der Waals surface area contributed by atoms with Crippen molar-refractivity contribution >= 4 is 27.9 Å². The van der Waals surface area contributed by atoms with E-state index in [4.69, 9.17) is 0 Å². The third kappa shape index (κ3) is 4.86. The zero-order valence-electron chi connectivity index (χ0n) is 14.9. The minimum Gasteiger partial charge on any atom is -0.340 e. The van der Waals surface area contributed by atoms with Crippen LogP contribution >= 0.6 is 11.8 Å². The Morgan fingerprint density at radius 2 is 1.64 bits per heavy atom. The number of carbonyl (C=O) groups is 1. The Labute approximate surface area is 155 Å². The first-order chi connectivity index (χ1) is 12.0. The molecular formula is C15H29N5O3S2. The van der Waals surface area contributed by atoms with Gasteiger partial charge in [-0.2, -0.15) is 28.8 Å². The van der Waals surface area contributed by atoms with Gasteiger partial charge in [-0.3, -0.25) is 4.79 Å². The van der Waals surface area contributed by atoms with Crippen LogP contribution < -0.4 is 5.32 Å². The lowest BCUT2D eigenvalue weighted by molar-refractivity contribution is -0.132. The molecule has 3 aliphatic heterocycles. The van der Waals surface area contributed by atoms with E-state index in [2.05, 4.69) is 10.2 Å². The molecule has 0 aromatic heterocycles. The van der Waals surface area contributed by atoms with Crippen LogP contribution in [-0.4, -0.2) is 116 Å². The maximum atomic E-state index is 12.8. The number of likely N-dealkylation sites (N-methyl/N-ethyl adjacent to an activating group) is 1. The van der Waals surface area contributed by atoms with Gasteiger partial charge in [0, 0.05) is 82.9 Å². The highest BCUT2D eigenvalue weighted by atomic mass is 32.2. The summed E-state index contributed by atoms with van der Waals surface area (Å²) < 4.78 is 28.6. The molecular weight excluding hydrogens is 362 g/mol. The molecule has 3 rings (SSSR count). The quantitative estimate of drug-likeness (QED) is 0.643. The molecule has 0 aliphatic carbocycles. The number of nitrogens with one attached hydrogen (secondary N) is 1. The molecule has 1 N–H and O–H groups in total. The molecule has 0 spiro atoms. The summed E-state index contributed by atoms with van der Waals surface area (Å²) in [6.45, 7) is 5.36. The Morgan fingerprint density at radius 3 is 2.20 bits per heavy atom. The van der Waals surface area contributed by atoms with Crippen LogP contribution in [0.25, 0.3) is 0 Å². The van der Waals surface area contributed by atoms with Gasteiger partial charge in [0.25, 0.3) is 10.2 Å². The van der Waals surface area contributed by atoms with Crippen molar-refractivity contribution < 1.29 is 13.2 Å². The lowest BCUT2D eigenvalue weighted by atomic mass is 10.2. The van der Waals surface area contributed by atoms with E-state index in [1.807, 2.05) is 23.7 Å². The summed E-state index contributed by atoms with van der Waals surface area (Å²) in [6.07, 6.45) is 0.512. The maximum Gasteiger partial charge on any atom is 0.282 e. The van der Waals surface area contributed by atoms with Gasteiger partial charge in [0.15, 0.2) is 0 Å². The molecule has 10 heteroatoms. The molecule has 0 bridgehead atoms. The van der Waals surface area contributed by atoms with Crippen LogP contribution in [0.2, 0.25) is 0 Å². The fraction of sp³-hybridized carbons (Fsp3) is 0.933. The minimum absolute atomic E-state index is 0.136. The van der Waals surface area contributed by atoms with Gasteiger partial charge in [-0.05, 0) is 7.05 Å². The molecule has 1 atom stereocenters. The molecule has 0 aromatic carbocycles. The summed E-state index contributed by atoms with van der Waals surface area (Å²) in [6, 6.07) is 0.248. The predicted octanol–water partition coefficient (Wildman–Crippen LogP) is -1.28. The Hall–Kier alpha value is -0.390. The number of hydrogen-bond donors (Lipinski definition) is 1. The standard InChI is InChI=1S/C15H29N5O3S2/c1-17-3-7-19(8-4-17)25(22,23)20-9-5-18(6-10-20)15(21)12-14-13-24-11-2-16-14/h14,16H,2-13H2,1H3. The third-order valence-electron chi connectivity index (χ3n) is 5.13. The van der Waals surface area contributed by atoms with E-state index in [-0.39, 0.29) is 11.9 Å². The summed E-state index contributed by atoms with van der Waals surface area (Å²) in [5.74, 6) is 2.22. The third-order valence-corrected chi connectivity index (χ3v) is 8.29. The average molecular weight is 392 g/mol. The van der Waals surface area contributed by atoms with Crippen LogP contribution in [0.5, 0.6) is 0 Å². The van der Waals surface area contributed by atoms with E-state index < -0.39 is 10.2 Å². The lowest BCUT2D eigenvalue weighted by Gasteiger charge is -2.39. The second-order valence-corrected chi connectivity index (χ2v) is 10.00. The highest BCUT2D eigenvalue weighted by molar-refractivity contribution is 7.99. The predicted molar refractivity (Wildman–Crippen MR) is 99.9 cm³/mol. The van der Waals surface area contributed by atoms with Gasteiger partial charge >= 0.3 is 0 Å². The van der Waals surface area contributed by atoms with Crippen LogP contribution in [0.15, 0.2) is 0 Å². The lowest BCUT2D eigenvalue weighted by Crippen LogP contribution is -2.57. The molecule has 1 unspecified atom stereocenters. The van der Waals surface area contributed by atoms with Gasteiger partial charge in [-0.1, -0.05) is 0 Å². The molecule has 1 amide bonds. The number of amides is 1. The van der Waals surface area contributed by atoms with Crippen LogP contribution in [0.4, 0.5) is 0 Å². The van der Waals surface area contributed by atoms with Crippen molar-refractivity contribution in [2.24, 2.45) is 0 Å². The second kappa shape index (κ2) is 8.53. The number of thioether (sulfide) groups is 1. The Bertz CT molecular complexity index is 552. The Balaban J connectivity index is 1.48. The largest absolute Gasteiger partial charge is 0.340 e. The highest BCUT2D eigenvalue weighted by Gasteiger charge is 2.34. The second-order valence-electron chi connectivity index (χ2n) is 6.92. The van der Waals surface area contributed by atoms with E-state index in [1.165, 1.54) is 4.31 Å². The smallest absolute Gasteiger partial charge is 0.282 e. The molecule has 0 saturated carbocycles. The molecule has 25 heavy (non-hydrogen) atoms. The summed E-state index contributed by atoms with van der Waals surface area (Å²) >= 11 is 1.88. The molecule has 3 aliphatic rings. The fourth-order valence-electron chi connectivity index (χ4n) is 3.44. The SMILES string of the molecule is CN1CCN(S(=O)(=O)N2CCN(C(=O)CC3CSCCN3)CC2)CC1. The Morgan fingerprint density at radius 1 is 1.04 bits per heavy atom. The van der Waals surface area contributed by atoms with Crippen molar-refractivity contribution in [1.82, 2.24) is 23.7 Å². The monoisotopic (exact) mass is 391 g/mol. The van der Waals surface area contributed by atoms with E-state index >= 15 is 0 Å². The van der Waals surface area contributed by atoms with E-state index in [1.54, 1.807) is 4.31 Å². The van der Waals surface area contributed by atoms with Crippen molar-refractivity contribution in [3.8, 4) is 0 Å². The fourth-order valence-corrected chi connectivity index (χ4v) is 5.97. The van der Waals surface area contributed by atoms with E-state index in [0.717, 1.165) is 31.1 Å². The van der Waals surface area contributed by atoms with Crippen molar-refractivity contribution in [1.29, 1.82) is 0 Å². The number of nitrogens with zero attached hydrogens (tertiary/aromatic N) is 4. The molecule has 144 valence electrons. The molecule has 3 heterocycles. The first kappa shape index (κ1) is 19.4. The van der Waals surface area contributed by atoms with Gasteiger partial charge in [0.05, 0.1) is 0 Å². The minimum atomic E-state index is -3.40. The summed E-state index contributed by atoms with van der Waals surface area (Å²) in [5, 5.41) is 3.38. The number of rotatable bonds is 4. The van der Waals surface area contributed by atoms with Crippen molar-refractivity contribution in [2.75, 3.05) is 77.5 Å². The van der Waals surface area contributed by atoms with Gasteiger partial charge < -0.3 is 15.1 Å². The highest BCUT2D eigenvalue weighted by Crippen LogP contribution is 2.16. The first-order valence-corrected chi connectivity index (χ1v) is 11.5. The van der Waals surface area contributed by atoms with E-state index in [0.29, 0.717) is 45.7 Å². The number of piperazine rings is 2. The van der Waals surface area contributed by atoms with Crippen molar-refractivity contribution in [3.05, 3.63) is 0 Å². The van der Waals surface area contributed by atoms with Crippen molar-refractivity contribution in [3.63, 3.8) is 0 Å². The van der Waals surface area contributed by atoms with Crippen LogP contribution in [0.3, 0.4) is 0 Å². The van der Waals surface area contributed by atoms with Crippen LogP contribution in [0, 0.1) is 0 Å². The van der Waals surface area contributed by atoms with Crippen LogP contribution in [-0.2, 0) is 15.0 Å². The Kier molecular flexibility index (Phi) is 6.61. The summed E-state index contributed by atoms with van der Waals surface area (Å²) in [5.41, 5.74) is 0. The van der Waals surface area contributed by atoms with E-state index in [9.17, 15) is 13.2 Å².